The molecule has 78 valence electrons. The van der Waals surface area contributed by atoms with E-state index in [0.717, 1.165) is 25.1 Å². The van der Waals surface area contributed by atoms with Crippen molar-refractivity contribution in [1.82, 2.24) is 0 Å². The van der Waals surface area contributed by atoms with Crippen molar-refractivity contribution in [3.8, 4) is 0 Å². The van der Waals surface area contributed by atoms with Crippen LogP contribution in [0.5, 0.6) is 0 Å². The molecule has 1 aliphatic rings. The molecule has 3 nitrogen and oxygen atoms in total. The van der Waals surface area contributed by atoms with Crippen molar-refractivity contribution < 1.29 is 5.11 Å². The van der Waals surface area contributed by atoms with Crippen LogP contribution in [0.1, 0.15) is 12.8 Å². The van der Waals surface area contributed by atoms with Gasteiger partial charge in [0.1, 0.15) is 0 Å². The largest absolute Gasteiger partial charge is 0.391 e. The van der Waals surface area contributed by atoms with Crippen LogP contribution in [0.4, 0.5) is 11.4 Å². The molecule has 0 aromatic heterocycles. The Morgan fingerprint density at radius 2 is 2.20 bits per heavy atom. The molecule has 3 heteroatoms. The van der Waals surface area contributed by atoms with E-state index in [1.54, 1.807) is 0 Å². The van der Waals surface area contributed by atoms with Gasteiger partial charge in [0.05, 0.1) is 12.7 Å². The summed E-state index contributed by atoms with van der Waals surface area (Å²) in [6.07, 6.45) is 1.61. The topological polar surface area (TPSA) is 27.8 Å². The molecule has 0 spiro atoms. The van der Waals surface area contributed by atoms with E-state index in [0.29, 0.717) is 12.2 Å². The molecule has 0 aliphatic carbocycles. The monoisotopic (exact) mass is 202 g/mol. The molecule has 15 heavy (non-hydrogen) atoms. The van der Waals surface area contributed by atoms with Gasteiger partial charge in [0.2, 0.25) is 5.69 Å². The van der Waals surface area contributed by atoms with Crippen molar-refractivity contribution in [2.45, 2.75) is 18.9 Å². The highest BCUT2D eigenvalue weighted by atomic mass is 16.3. The lowest BCUT2D eigenvalue weighted by Crippen LogP contribution is -2.38. The summed E-state index contributed by atoms with van der Waals surface area (Å²) in [5.74, 6) is 0. The number of para-hydroxylation sites is 2. The summed E-state index contributed by atoms with van der Waals surface area (Å²) in [5.41, 5.74) is 1.62. The van der Waals surface area contributed by atoms with E-state index in [2.05, 4.69) is 9.74 Å². The molecule has 1 N–H and O–H groups in total. The molecule has 0 saturated carbocycles. The highest BCUT2D eigenvalue weighted by molar-refractivity contribution is 5.70. The van der Waals surface area contributed by atoms with E-state index in [4.69, 9.17) is 6.57 Å². The van der Waals surface area contributed by atoms with Gasteiger partial charge in [-0.3, -0.25) is 0 Å². The van der Waals surface area contributed by atoms with Gasteiger partial charge in [-0.05, 0) is 18.9 Å². The number of rotatable bonds is 1. The second kappa shape index (κ2) is 4.33. The molecule has 1 aromatic rings. The first-order valence-corrected chi connectivity index (χ1v) is 5.21. The van der Waals surface area contributed by atoms with Crippen molar-refractivity contribution >= 4 is 11.4 Å². The van der Waals surface area contributed by atoms with Gasteiger partial charge in [-0.1, -0.05) is 18.2 Å². The summed E-state index contributed by atoms with van der Waals surface area (Å²) in [7, 11) is 0. The average molecular weight is 202 g/mol. The van der Waals surface area contributed by atoms with E-state index in [1.165, 1.54) is 0 Å². The van der Waals surface area contributed by atoms with E-state index in [9.17, 15) is 5.11 Å². The zero-order chi connectivity index (χ0) is 10.7. The Bertz CT molecular complexity index is 383. The highest BCUT2D eigenvalue weighted by Crippen LogP contribution is 2.30. The molecular weight excluding hydrogens is 188 g/mol. The lowest BCUT2D eigenvalue weighted by molar-refractivity contribution is 0.154. The van der Waals surface area contributed by atoms with Crippen LogP contribution in [0.2, 0.25) is 0 Å². The Morgan fingerprint density at radius 3 is 2.93 bits per heavy atom. The fraction of sp³-hybridized carbons (Fsp3) is 0.417. The third-order valence-electron chi connectivity index (χ3n) is 2.74. The van der Waals surface area contributed by atoms with E-state index in [1.807, 2.05) is 24.3 Å². The van der Waals surface area contributed by atoms with Crippen molar-refractivity contribution in [1.29, 1.82) is 0 Å². The number of aliphatic hydroxyl groups is 1. The van der Waals surface area contributed by atoms with Gasteiger partial charge in [0, 0.05) is 18.8 Å². The molecule has 1 atom stereocenters. The standard InChI is InChI=1S/C12H14N2O/c1-13-11-6-2-3-7-12(11)14-8-4-5-10(15)9-14/h2-3,6-7,10,15H,4-5,8-9H2. The molecule has 1 fully saturated rings. The third-order valence-corrected chi connectivity index (χ3v) is 2.74. The normalized spacial score (nSPS) is 21.1. The van der Waals surface area contributed by atoms with Crippen LogP contribution in [0.3, 0.4) is 0 Å². The van der Waals surface area contributed by atoms with Gasteiger partial charge >= 0.3 is 0 Å². The number of β-amino-alcohol motifs (C(OH)–C–C–N with tert-alkyl or cyclic N) is 1. The van der Waals surface area contributed by atoms with Gasteiger partial charge in [-0.2, -0.15) is 0 Å². The first-order valence-electron chi connectivity index (χ1n) is 5.21. The van der Waals surface area contributed by atoms with Gasteiger partial charge in [-0.15, -0.1) is 0 Å². The molecule has 0 amide bonds. The summed E-state index contributed by atoms with van der Waals surface area (Å²) in [6, 6.07) is 7.58. The first-order chi connectivity index (χ1) is 7.31. The molecule has 1 aromatic carbocycles. The van der Waals surface area contributed by atoms with E-state index >= 15 is 0 Å². The predicted octanol–water partition coefficient (Wildman–Crippen LogP) is 2.20. The van der Waals surface area contributed by atoms with Crippen LogP contribution in [-0.4, -0.2) is 24.3 Å². The highest BCUT2D eigenvalue weighted by Gasteiger charge is 2.19. The Hall–Kier alpha value is -1.53. The second-order valence-electron chi connectivity index (χ2n) is 3.84. The zero-order valence-electron chi connectivity index (χ0n) is 8.56. The summed E-state index contributed by atoms with van der Waals surface area (Å²) in [5, 5.41) is 9.59. The summed E-state index contributed by atoms with van der Waals surface area (Å²) < 4.78 is 0. The van der Waals surface area contributed by atoms with Gasteiger partial charge in [0.25, 0.3) is 0 Å². The van der Waals surface area contributed by atoms with Gasteiger partial charge < -0.3 is 10.0 Å². The van der Waals surface area contributed by atoms with Crippen LogP contribution in [0.15, 0.2) is 24.3 Å². The van der Waals surface area contributed by atoms with Crippen LogP contribution >= 0.6 is 0 Å². The maximum absolute atomic E-state index is 9.59. The van der Waals surface area contributed by atoms with Crippen LogP contribution in [-0.2, 0) is 0 Å². The molecule has 0 radical (unpaired) electrons. The number of aliphatic hydroxyl groups excluding tert-OH is 1. The summed E-state index contributed by atoms with van der Waals surface area (Å²) in [6.45, 7) is 8.67. The van der Waals surface area contributed by atoms with Crippen molar-refractivity contribution in [3.05, 3.63) is 35.7 Å². The minimum absolute atomic E-state index is 0.252. The average Bonchev–Trinajstić information content (AvgIpc) is 2.29. The SMILES string of the molecule is [C-]#[N+]c1ccccc1N1CCCC(O)C1. The predicted molar refractivity (Wildman–Crippen MR) is 60.2 cm³/mol. The maximum atomic E-state index is 9.59. The molecule has 2 rings (SSSR count). The molecule has 0 bridgehead atoms. The molecule has 1 unspecified atom stereocenters. The minimum Gasteiger partial charge on any atom is -0.391 e. The first kappa shape index (κ1) is 10.0. The van der Waals surface area contributed by atoms with Crippen LogP contribution in [0.25, 0.3) is 4.85 Å². The van der Waals surface area contributed by atoms with Gasteiger partial charge in [-0.25, -0.2) is 4.85 Å². The van der Waals surface area contributed by atoms with E-state index in [-0.39, 0.29) is 6.10 Å². The third kappa shape index (κ3) is 2.11. The van der Waals surface area contributed by atoms with E-state index < -0.39 is 0 Å². The Balaban J connectivity index is 2.25. The minimum atomic E-state index is -0.252. The Labute approximate surface area is 89.8 Å². The zero-order valence-corrected chi connectivity index (χ0v) is 8.56. The number of benzene rings is 1. The lowest BCUT2D eigenvalue weighted by atomic mass is 10.1. The molecular formula is C12H14N2O. The van der Waals surface area contributed by atoms with Crippen LogP contribution in [0, 0.1) is 6.57 Å². The van der Waals surface area contributed by atoms with Crippen molar-refractivity contribution in [2.75, 3.05) is 18.0 Å². The maximum Gasteiger partial charge on any atom is 0.209 e. The molecule has 1 heterocycles. The number of piperidine rings is 1. The quantitative estimate of drug-likeness (QED) is 0.707. The Kier molecular flexibility index (Phi) is 2.89. The second-order valence-corrected chi connectivity index (χ2v) is 3.84. The molecule has 1 saturated heterocycles. The molecule has 1 aliphatic heterocycles. The number of nitrogens with zero attached hydrogens (tertiary/aromatic N) is 2. The Morgan fingerprint density at radius 1 is 1.40 bits per heavy atom. The summed E-state index contributed by atoms with van der Waals surface area (Å²) >= 11 is 0. The summed E-state index contributed by atoms with van der Waals surface area (Å²) in [4.78, 5) is 5.60. The van der Waals surface area contributed by atoms with Crippen molar-refractivity contribution in [3.63, 3.8) is 0 Å². The number of hydrogen-bond donors (Lipinski definition) is 1. The number of anilines is 1. The van der Waals surface area contributed by atoms with Gasteiger partial charge in [0.15, 0.2) is 0 Å². The lowest BCUT2D eigenvalue weighted by Gasteiger charge is -2.32. The smallest absolute Gasteiger partial charge is 0.209 e. The fourth-order valence-corrected chi connectivity index (χ4v) is 2.00. The van der Waals surface area contributed by atoms with Crippen molar-refractivity contribution in [2.24, 2.45) is 0 Å². The fourth-order valence-electron chi connectivity index (χ4n) is 2.00. The van der Waals surface area contributed by atoms with Crippen LogP contribution < -0.4 is 4.90 Å². The number of hydrogen-bond acceptors (Lipinski definition) is 2.